The smallest absolute Gasteiger partial charge is 0.198 e. The zero-order valence-electron chi connectivity index (χ0n) is 20.4. The molecule has 0 N–H and O–H groups in total. The van der Waals surface area contributed by atoms with Crippen molar-refractivity contribution in [2.24, 2.45) is 18.9 Å². The molecule has 0 aliphatic heterocycles. The van der Waals surface area contributed by atoms with Crippen molar-refractivity contribution < 1.29 is 4.57 Å². The average molecular weight is 413 g/mol. The Kier molecular flexibility index (Phi) is 5.00. The molecule has 2 bridgehead atoms. The predicted octanol–water partition coefficient (Wildman–Crippen LogP) is 7.71. The molecule has 2 aliphatic carbocycles. The van der Waals surface area contributed by atoms with E-state index in [4.69, 9.17) is 0 Å². The van der Waals surface area contributed by atoms with Gasteiger partial charge in [-0.05, 0) is 95.5 Å². The lowest BCUT2D eigenvalue weighted by molar-refractivity contribution is -0.665. The Morgan fingerprint density at radius 3 is 2.13 bits per heavy atom. The number of benzene rings is 2. The van der Waals surface area contributed by atoms with Crippen LogP contribution in [0.15, 0.2) is 36.4 Å². The number of nitrogens with zero attached hydrogens (tertiary/aromatic N) is 1. The largest absolute Gasteiger partial charge is 0.220 e. The second-order valence-electron chi connectivity index (χ2n) is 11.1. The first kappa shape index (κ1) is 20.7. The van der Waals surface area contributed by atoms with E-state index in [1.165, 1.54) is 58.1 Å². The van der Waals surface area contributed by atoms with Crippen LogP contribution in [-0.4, -0.2) is 0 Å². The van der Waals surface area contributed by atoms with Gasteiger partial charge in [-0.15, -0.1) is 0 Å². The Morgan fingerprint density at radius 1 is 0.839 bits per heavy atom. The third kappa shape index (κ3) is 3.23. The van der Waals surface area contributed by atoms with E-state index >= 15 is 0 Å². The molecule has 2 atom stereocenters. The van der Waals surface area contributed by atoms with E-state index in [1.54, 1.807) is 11.1 Å². The summed E-state index contributed by atoms with van der Waals surface area (Å²) in [5, 5.41) is 2.77. The van der Waals surface area contributed by atoms with Gasteiger partial charge in [-0.2, -0.15) is 4.57 Å². The van der Waals surface area contributed by atoms with Gasteiger partial charge < -0.3 is 0 Å². The van der Waals surface area contributed by atoms with Crippen LogP contribution in [0, 0.1) is 25.7 Å². The molecule has 3 aromatic rings. The first-order chi connectivity index (χ1) is 14.8. The molecule has 5 rings (SSSR count). The summed E-state index contributed by atoms with van der Waals surface area (Å²) in [6, 6.07) is 14.7. The Bertz CT molecular complexity index is 1160. The van der Waals surface area contributed by atoms with E-state index in [1.807, 2.05) is 0 Å². The monoisotopic (exact) mass is 412 g/mol. The second kappa shape index (κ2) is 7.47. The molecular weight excluding hydrogens is 374 g/mol. The maximum absolute atomic E-state index is 2.56. The van der Waals surface area contributed by atoms with Gasteiger partial charge in [0.05, 0.1) is 10.9 Å². The summed E-state index contributed by atoms with van der Waals surface area (Å²) in [7, 11) is 2.24. The zero-order chi connectivity index (χ0) is 22.0. The van der Waals surface area contributed by atoms with Gasteiger partial charge in [-0.3, -0.25) is 0 Å². The third-order valence-electron chi connectivity index (χ3n) is 8.38. The SMILES string of the molecule is Cc1cc2c(cc1-c1c3ccc(C(C(C)C)C(C)C)cc3cc(C)[n+]1C)C1CCC2C1. The van der Waals surface area contributed by atoms with Crippen LogP contribution in [0.3, 0.4) is 0 Å². The fourth-order valence-corrected chi connectivity index (χ4v) is 6.92. The van der Waals surface area contributed by atoms with Gasteiger partial charge in [0.1, 0.15) is 7.05 Å². The van der Waals surface area contributed by atoms with E-state index in [-0.39, 0.29) is 0 Å². The average Bonchev–Trinajstić information content (AvgIpc) is 3.30. The number of hydrogen-bond acceptors (Lipinski definition) is 0. The number of fused-ring (bicyclic) bond motifs is 6. The van der Waals surface area contributed by atoms with E-state index in [9.17, 15) is 0 Å². The molecule has 1 saturated carbocycles. The van der Waals surface area contributed by atoms with Crippen LogP contribution in [0.4, 0.5) is 0 Å². The lowest BCUT2D eigenvalue weighted by atomic mass is 9.79. The normalized spacial score (nSPS) is 19.9. The van der Waals surface area contributed by atoms with Crippen molar-refractivity contribution in [3.8, 4) is 11.3 Å². The maximum atomic E-state index is 2.56. The lowest BCUT2D eigenvalue weighted by Gasteiger charge is -2.26. The molecule has 162 valence electrons. The summed E-state index contributed by atoms with van der Waals surface area (Å²) in [6.45, 7) is 14.0. The summed E-state index contributed by atoms with van der Waals surface area (Å²) in [6.07, 6.45) is 4.16. The molecule has 2 unspecified atom stereocenters. The van der Waals surface area contributed by atoms with Crippen molar-refractivity contribution in [3.63, 3.8) is 0 Å². The van der Waals surface area contributed by atoms with Crippen LogP contribution in [-0.2, 0) is 7.05 Å². The minimum absolute atomic E-state index is 0.597. The Labute approximate surface area is 188 Å². The second-order valence-corrected chi connectivity index (χ2v) is 11.1. The van der Waals surface area contributed by atoms with Gasteiger partial charge in [0.2, 0.25) is 5.69 Å². The minimum atomic E-state index is 0.597. The number of aryl methyl sites for hydroxylation is 2. The van der Waals surface area contributed by atoms with Crippen LogP contribution in [0.25, 0.3) is 22.0 Å². The Hall–Kier alpha value is -2.15. The van der Waals surface area contributed by atoms with Crippen molar-refractivity contribution in [2.75, 3.05) is 0 Å². The first-order valence-corrected chi connectivity index (χ1v) is 12.3. The molecule has 2 aromatic carbocycles. The fourth-order valence-electron chi connectivity index (χ4n) is 6.92. The minimum Gasteiger partial charge on any atom is -0.198 e. The Balaban J connectivity index is 1.71. The van der Waals surface area contributed by atoms with E-state index in [0.29, 0.717) is 17.8 Å². The van der Waals surface area contributed by atoms with Crippen molar-refractivity contribution in [1.82, 2.24) is 0 Å². The van der Waals surface area contributed by atoms with Gasteiger partial charge in [0, 0.05) is 13.0 Å². The number of rotatable bonds is 4. The van der Waals surface area contributed by atoms with E-state index < -0.39 is 0 Å². The summed E-state index contributed by atoms with van der Waals surface area (Å²) < 4.78 is 2.41. The van der Waals surface area contributed by atoms with Crippen molar-refractivity contribution >= 4 is 10.8 Å². The highest BCUT2D eigenvalue weighted by Gasteiger charge is 2.38. The number of pyridine rings is 1. The van der Waals surface area contributed by atoms with Crippen LogP contribution < -0.4 is 4.57 Å². The number of aromatic nitrogens is 1. The highest BCUT2D eigenvalue weighted by molar-refractivity contribution is 5.94. The zero-order valence-corrected chi connectivity index (χ0v) is 20.4. The molecule has 0 radical (unpaired) electrons. The predicted molar refractivity (Wildman–Crippen MR) is 132 cm³/mol. The lowest BCUT2D eigenvalue weighted by Crippen LogP contribution is -2.35. The molecule has 0 spiro atoms. The van der Waals surface area contributed by atoms with E-state index in [2.05, 4.69) is 89.6 Å². The summed E-state index contributed by atoms with van der Waals surface area (Å²) in [5.41, 5.74) is 10.3. The van der Waals surface area contributed by atoms with Crippen LogP contribution in [0.2, 0.25) is 0 Å². The molecule has 1 nitrogen and oxygen atoms in total. The third-order valence-corrected chi connectivity index (χ3v) is 8.38. The van der Waals surface area contributed by atoms with Gasteiger partial charge in [-0.25, -0.2) is 0 Å². The maximum Gasteiger partial charge on any atom is 0.220 e. The molecule has 1 fully saturated rings. The van der Waals surface area contributed by atoms with Crippen molar-refractivity contribution in [3.05, 3.63) is 64.3 Å². The molecular formula is C30H38N+. The molecule has 2 aliphatic rings. The summed E-state index contributed by atoms with van der Waals surface area (Å²) >= 11 is 0. The van der Waals surface area contributed by atoms with E-state index in [0.717, 1.165) is 11.8 Å². The van der Waals surface area contributed by atoms with Crippen LogP contribution in [0.5, 0.6) is 0 Å². The fraction of sp³-hybridized carbons (Fsp3) is 0.500. The molecule has 0 saturated heterocycles. The van der Waals surface area contributed by atoms with Gasteiger partial charge in [0.25, 0.3) is 0 Å². The molecule has 1 heteroatoms. The molecule has 0 amide bonds. The summed E-state index contributed by atoms with van der Waals surface area (Å²) in [5.74, 6) is 3.51. The van der Waals surface area contributed by atoms with Gasteiger partial charge >= 0.3 is 0 Å². The Morgan fingerprint density at radius 2 is 1.48 bits per heavy atom. The van der Waals surface area contributed by atoms with Crippen molar-refractivity contribution in [2.45, 2.75) is 78.6 Å². The number of hydrogen-bond donors (Lipinski definition) is 0. The van der Waals surface area contributed by atoms with Crippen molar-refractivity contribution in [1.29, 1.82) is 0 Å². The topological polar surface area (TPSA) is 3.88 Å². The summed E-state index contributed by atoms with van der Waals surface area (Å²) in [4.78, 5) is 0. The van der Waals surface area contributed by atoms with Crippen LogP contribution in [0.1, 0.15) is 92.7 Å². The quantitative estimate of drug-likeness (QED) is 0.386. The van der Waals surface area contributed by atoms with Gasteiger partial charge in [0.15, 0.2) is 5.69 Å². The van der Waals surface area contributed by atoms with Crippen LogP contribution >= 0.6 is 0 Å². The first-order valence-electron chi connectivity index (χ1n) is 12.3. The standard InChI is InChI=1S/C30H38N/c1-17(2)29(18(3)4)23-10-11-25-24(15-23)13-20(6)31(7)30(25)26-16-28-22-9-8-21(14-22)27(28)12-19(26)5/h10-13,15-18,21-22,29H,8-9,14H2,1-7H3/q+1. The molecule has 31 heavy (non-hydrogen) atoms. The highest BCUT2D eigenvalue weighted by Crippen LogP contribution is 2.54. The molecule has 1 aromatic heterocycles. The van der Waals surface area contributed by atoms with Gasteiger partial charge in [-0.1, -0.05) is 45.9 Å². The molecule has 1 heterocycles. The highest BCUT2D eigenvalue weighted by atomic mass is 14.9.